The molecule has 1 saturated heterocycles. The second kappa shape index (κ2) is 5.88. The van der Waals surface area contributed by atoms with E-state index in [2.05, 4.69) is 0 Å². The first-order valence-electron chi connectivity index (χ1n) is 7.38. The van der Waals surface area contributed by atoms with Gasteiger partial charge >= 0.3 is 6.09 Å². The molecule has 1 aromatic carbocycles. The van der Waals surface area contributed by atoms with Crippen molar-refractivity contribution in [3.63, 3.8) is 0 Å². The number of benzene rings is 1. The van der Waals surface area contributed by atoms with Gasteiger partial charge in [0.25, 0.3) is 0 Å². The third kappa shape index (κ3) is 3.84. The number of nitrogens with zero attached hydrogens (tertiary/aromatic N) is 1. The summed E-state index contributed by atoms with van der Waals surface area (Å²) < 4.78 is 5.40. The molecule has 1 heterocycles. The van der Waals surface area contributed by atoms with Crippen LogP contribution in [0.25, 0.3) is 0 Å². The molecule has 0 radical (unpaired) electrons. The minimum atomic E-state index is -0.545. The van der Waals surface area contributed by atoms with Crippen LogP contribution in [0.5, 0.6) is 0 Å². The maximum Gasteiger partial charge on any atom is 0.410 e. The van der Waals surface area contributed by atoms with E-state index in [1.54, 1.807) is 11.0 Å². The minimum Gasteiger partial charge on any atom is -0.444 e. The van der Waals surface area contributed by atoms with Gasteiger partial charge in [-0.15, -0.1) is 0 Å². The zero-order valence-electron chi connectivity index (χ0n) is 13.2. The van der Waals surface area contributed by atoms with E-state index in [9.17, 15) is 9.59 Å². The van der Waals surface area contributed by atoms with Crippen LogP contribution in [0.4, 0.5) is 4.79 Å². The Morgan fingerprint density at radius 1 is 1.29 bits per heavy atom. The zero-order valence-corrected chi connectivity index (χ0v) is 13.2. The second-order valence-electron chi connectivity index (χ2n) is 6.57. The minimum absolute atomic E-state index is 0.00191. The van der Waals surface area contributed by atoms with Crippen molar-refractivity contribution < 1.29 is 14.3 Å². The van der Waals surface area contributed by atoms with Gasteiger partial charge in [-0.25, -0.2) is 4.79 Å². The summed E-state index contributed by atoms with van der Waals surface area (Å²) in [6, 6.07) is 7.10. The van der Waals surface area contributed by atoms with Crippen molar-refractivity contribution in [2.75, 3.05) is 6.54 Å². The van der Waals surface area contributed by atoms with Crippen LogP contribution in [0, 0.1) is 6.92 Å². The molecule has 1 amide bonds. The average molecular weight is 289 g/mol. The monoisotopic (exact) mass is 289 g/mol. The van der Waals surface area contributed by atoms with E-state index in [0.717, 1.165) is 12.0 Å². The third-order valence-corrected chi connectivity index (χ3v) is 3.49. The molecule has 0 saturated carbocycles. The van der Waals surface area contributed by atoms with Crippen molar-refractivity contribution >= 4 is 11.9 Å². The van der Waals surface area contributed by atoms with Crippen molar-refractivity contribution in [2.45, 2.75) is 52.2 Å². The Bertz CT molecular complexity index is 545. The number of likely N-dealkylation sites (tertiary alicyclic amines) is 1. The molecule has 0 unspecified atom stereocenters. The predicted molar refractivity (Wildman–Crippen MR) is 81.5 cm³/mol. The summed E-state index contributed by atoms with van der Waals surface area (Å²) in [4.78, 5) is 26.4. The number of ketones is 1. The van der Waals surface area contributed by atoms with Gasteiger partial charge in [-0.2, -0.15) is 0 Å². The second-order valence-corrected chi connectivity index (χ2v) is 6.57. The lowest BCUT2D eigenvalue weighted by Crippen LogP contribution is -2.43. The highest BCUT2D eigenvalue weighted by Gasteiger charge is 2.36. The number of ether oxygens (including phenoxy) is 1. The van der Waals surface area contributed by atoms with Crippen LogP contribution in [0.2, 0.25) is 0 Å². The van der Waals surface area contributed by atoms with E-state index < -0.39 is 17.7 Å². The largest absolute Gasteiger partial charge is 0.444 e. The van der Waals surface area contributed by atoms with Crippen LogP contribution >= 0.6 is 0 Å². The molecule has 21 heavy (non-hydrogen) atoms. The summed E-state index contributed by atoms with van der Waals surface area (Å²) in [6.45, 7) is 8.03. The summed E-state index contributed by atoms with van der Waals surface area (Å²) in [7, 11) is 0. The van der Waals surface area contributed by atoms with Gasteiger partial charge < -0.3 is 4.74 Å². The molecule has 114 valence electrons. The molecule has 1 aromatic rings. The summed E-state index contributed by atoms with van der Waals surface area (Å²) >= 11 is 0. The number of Topliss-reactive ketones (excluding diaryl/α,β-unsaturated/α-hetero) is 1. The highest BCUT2D eigenvalue weighted by atomic mass is 16.6. The molecule has 1 aliphatic rings. The molecular formula is C17H23NO3. The van der Waals surface area contributed by atoms with Crippen molar-refractivity contribution in [2.24, 2.45) is 0 Å². The molecule has 2 rings (SSSR count). The van der Waals surface area contributed by atoms with E-state index in [1.807, 2.05) is 45.9 Å². The molecule has 0 N–H and O–H groups in total. The Hall–Kier alpha value is -1.84. The maximum atomic E-state index is 12.6. The zero-order chi connectivity index (χ0) is 15.6. The number of hydrogen-bond donors (Lipinski definition) is 0. The van der Waals surface area contributed by atoms with Crippen LogP contribution in [-0.2, 0) is 4.74 Å². The summed E-state index contributed by atoms with van der Waals surface area (Å²) in [5.41, 5.74) is 1.16. The normalized spacial score (nSPS) is 18.7. The lowest BCUT2D eigenvalue weighted by Gasteiger charge is -2.28. The number of aryl methyl sites for hydroxylation is 1. The molecule has 0 aromatic heterocycles. The Kier molecular flexibility index (Phi) is 4.35. The van der Waals surface area contributed by atoms with Gasteiger partial charge in [0, 0.05) is 12.1 Å². The first-order valence-corrected chi connectivity index (χ1v) is 7.38. The first-order chi connectivity index (χ1) is 9.78. The van der Waals surface area contributed by atoms with Gasteiger partial charge in [-0.1, -0.05) is 23.8 Å². The predicted octanol–water partition coefficient (Wildman–Crippen LogP) is 3.58. The number of carbonyl (C=O) groups excluding carboxylic acids is 2. The highest BCUT2D eigenvalue weighted by molar-refractivity contribution is 6.01. The van der Waals surface area contributed by atoms with Gasteiger partial charge in [-0.05, 0) is 46.6 Å². The molecule has 1 fully saturated rings. The van der Waals surface area contributed by atoms with E-state index >= 15 is 0 Å². The third-order valence-electron chi connectivity index (χ3n) is 3.49. The van der Waals surface area contributed by atoms with Crippen LogP contribution in [0.1, 0.15) is 49.5 Å². The van der Waals surface area contributed by atoms with Crippen molar-refractivity contribution in [3.05, 3.63) is 35.4 Å². The molecule has 1 aliphatic heterocycles. The van der Waals surface area contributed by atoms with Gasteiger partial charge in [0.1, 0.15) is 5.60 Å². The lowest BCUT2D eigenvalue weighted by atomic mass is 10.0. The van der Waals surface area contributed by atoms with E-state index in [0.29, 0.717) is 18.5 Å². The van der Waals surface area contributed by atoms with Crippen molar-refractivity contribution in [1.29, 1.82) is 0 Å². The smallest absolute Gasteiger partial charge is 0.410 e. The Labute approximate surface area is 126 Å². The van der Waals surface area contributed by atoms with E-state index in [1.165, 1.54) is 0 Å². The number of amides is 1. The molecule has 4 heteroatoms. The van der Waals surface area contributed by atoms with Gasteiger partial charge in [0.05, 0.1) is 6.04 Å². The van der Waals surface area contributed by atoms with Crippen LogP contribution < -0.4 is 0 Å². The average Bonchev–Trinajstić information content (AvgIpc) is 2.85. The Morgan fingerprint density at radius 2 is 2.00 bits per heavy atom. The number of rotatable bonds is 2. The van der Waals surface area contributed by atoms with Crippen LogP contribution in [-0.4, -0.2) is 35.0 Å². The Morgan fingerprint density at radius 3 is 2.62 bits per heavy atom. The van der Waals surface area contributed by atoms with Gasteiger partial charge in [0.15, 0.2) is 5.78 Å². The SMILES string of the molecule is Cc1cccc(C(=O)[C@@H]2CCCN2C(=O)OC(C)(C)C)c1. The summed E-state index contributed by atoms with van der Waals surface area (Å²) in [5.74, 6) is 0.00191. The first kappa shape index (κ1) is 15.5. The van der Waals surface area contributed by atoms with Crippen LogP contribution in [0.3, 0.4) is 0 Å². The van der Waals surface area contributed by atoms with Crippen molar-refractivity contribution in [3.8, 4) is 0 Å². The van der Waals surface area contributed by atoms with E-state index in [-0.39, 0.29) is 5.78 Å². The molecule has 0 aliphatic carbocycles. The van der Waals surface area contributed by atoms with Crippen molar-refractivity contribution in [1.82, 2.24) is 4.90 Å². The highest BCUT2D eigenvalue weighted by Crippen LogP contribution is 2.24. The summed E-state index contributed by atoms with van der Waals surface area (Å²) in [5, 5.41) is 0. The van der Waals surface area contributed by atoms with E-state index in [4.69, 9.17) is 4.74 Å². The number of hydrogen-bond acceptors (Lipinski definition) is 3. The fraction of sp³-hybridized carbons (Fsp3) is 0.529. The topological polar surface area (TPSA) is 46.6 Å². The maximum absolute atomic E-state index is 12.6. The molecule has 0 spiro atoms. The molecule has 1 atom stereocenters. The lowest BCUT2D eigenvalue weighted by molar-refractivity contribution is 0.0222. The number of carbonyl (C=O) groups is 2. The van der Waals surface area contributed by atoms with Crippen LogP contribution in [0.15, 0.2) is 24.3 Å². The standard InChI is InChI=1S/C17H23NO3/c1-12-7-5-8-13(11-12)15(19)14-9-6-10-18(14)16(20)21-17(2,3)4/h5,7-8,11,14H,6,9-10H2,1-4H3/t14-/m0/s1. The fourth-order valence-electron chi connectivity index (χ4n) is 2.57. The fourth-order valence-corrected chi connectivity index (χ4v) is 2.57. The Balaban J connectivity index is 2.15. The quantitative estimate of drug-likeness (QED) is 0.782. The molecular weight excluding hydrogens is 266 g/mol. The molecule has 0 bridgehead atoms. The summed E-state index contributed by atoms with van der Waals surface area (Å²) in [6.07, 6.45) is 1.14. The van der Waals surface area contributed by atoms with Gasteiger partial charge in [0.2, 0.25) is 0 Å². The van der Waals surface area contributed by atoms with Gasteiger partial charge in [-0.3, -0.25) is 9.69 Å². The molecule has 4 nitrogen and oxygen atoms in total.